The van der Waals surface area contributed by atoms with Crippen LogP contribution in [0.25, 0.3) is 0 Å². The van der Waals surface area contributed by atoms with E-state index < -0.39 is 24.0 Å². The molecule has 1 amide bonds. The summed E-state index contributed by atoms with van der Waals surface area (Å²) in [6.45, 7) is 0.816. The van der Waals surface area contributed by atoms with Crippen molar-refractivity contribution in [2.45, 2.75) is 19.2 Å². The summed E-state index contributed by atoms with van der Waals surface area (Å²) in [7, 11) is 0. The first kappa shape index (κ1) is 19.5. The molecule has 25 heavy (non-hydrogen) atoms. The maximum Gasteiger partial charge on any atom is 0.425 e. The quantitative estimate of drug-likeness (QED) is 0.608. The minimum Gasteiger partial charge on any atom is -0.480 e. The summed E-state index contributed by atoms with van der Waals surface area (Å²) in [5.41, 5.74) is -0.467. The Kier molecular flexibility index (Phi) is 5.95. The van der Waals surface area contributed by atoms with Crippen LogP contribution < -0.4 is 10.1 Å². The first-order valence-electron chi connectivity index (χ1n) is 6.88. The Morgan fingerprint density at radius 2 is 1.96 bits per heavy atom. The average molecular weight is 441 g/mol. The normalized spacial score (nSPS) is 12.6. The predicted molar refractivity (Wildman–Crippen MR) is 89.7 cm³/mol. The molecule has 0 aliphatic rings. The molecule has 2 aromatic carbocycles. The van der Waals surface area contributed by atoms with E-state index in [2.05, 4.69) is 21.2 Å². The molecule has 9 heteroatoms. The van der Waals surface area contributed by atoms with Gasteiger partial charge in [-0.2, -0.15) is 13.2 Å². The van der Waals surface area contributed by atoms with Crippen LogP contribution in [0, 0.1) is 5.82 Å². The number of anilines is 1. The lowest BCUT2D eigenvalue weighted by Gasteiger charge is -2.20. The molecule has 0 saturated heterocycles. The Bertz CT molecular complexity index is 778. The van der Waals surface area contributed by atoms with E-state index in [1.54, 1.807) is 0 Å². The molecule has 134 valence electrons. The van der Waals surface area contributed by atoms with E-state index in [-0.39, 0.29) is 22.0 Å². The van der Waals surface area contributed by atoms with Gasteiger partial charge in [0, 0.05) is 4.47 Å². The average Bonchev–Trinajstić information content (AvgIpc) is 2.50. The van der Waals surface area contributed by atoms with E-state index in [4.69, 9.17) is 16.3 Å². The molecule has 1 atom stereocenters. The van der Waals surface area contributed by atoms with Crippen molar-refractivity contribution < 1.29 is 27.1 Å². The number of para-hydroxylation sites is 1. The zero-order valence-corrected chi connectivity index (χ0v) is 15.0. The maximum absolute atomic E-state index is 13.8. The largest absolute Gasteiger partial charge is 0.480 e. The number of halogens is 6. The topological polar surface area (TPSA) is 38.3 Å². The van der Waals surface area contributed by atoms with E-state index in [0.717, 1.165) is 13.0 Å². The third kappa shape index (κ3) is 4.85. The zero-order chi connectivity index (χ0) is 18.8. The van der Waals surface area contributed by atoms with Crippen LogP contribution in [0.4, 0.5) is 23.2 Å². The summed E-state index contributed by atoms with van der Waals surface area (Å²) < 4.78 is 57.2. The molecule has 0 unspecified atom stereocenters. The number of carbonyl (C=O) groups excluding carboxylic acids is 1. The lowest BCUT2D eigenvalue weighted by Crippen LogP contribution is -2.32. The monoisotopic (exact) mass is 439 g/mol. The van der Waals surface area contributed by atoms with Crippen molar-refractivity contribution in [1.29, 1.82) is 0 Å². The fourth-order valence-electron chi connectivity index (χ4n) is 1.84. The Morgan fingerprint density at radius 3 is 2.56 bits per heavy atom. The molecule has 0 saturated carbocycles. The van der Waals surface area contributed by atoms with Crippen LogP contribution in [-0.2, 0) is 0 Å². The number of carbonyl (C=O) groups is 1. The van der Waals surface area contributed by atoms with Crippen LogP contribution in [0.15, 0.2) is 40.9 Å². The van der Waals surface area contributed by atoms with E-state index in [9.17, 15) is 22.4 Å². The van der Waals surface area contributed by atoms with Crippen molar-refractivity contribution in [3.63, 3.8) is 0 Å². The summed E-state index contributed by atoms with van der Waals surface area (Å²) in [6, 6.07) is 7.74. The molecule has 0 spiro atoms. The number of nitrogens with one attached hydrogen (secondary N) is 1. The summed E-state index contributed by atoms with van der Waals surface area (Å²) in [5.74, 6) is -1.93. The van der Waals surface area contributed by atoms with Crippen molar-refractivity contribution in [1.82, 2.24) is 0 Å². The third-order valence-corrected chi connectivity index (χ3v) is 3.96. The third-order valence-electron chi connectivity index (χ3n) is 3.15. The summed E-state index contributed by atoms with van der Waals surface area (Å²) in [4.78, 5) is 12.4. The Balaban J connectivity index is 2.34. The van der Waals surface area contributed by atoms with Gasteiger partial charge in [-0.1, -0.05) is 33.6 Å². The molecule has 0 aliphatic heterocycles. The van der Waals surface area contributed by atoms with Crippen LogP contribution in [-0.4, -0.2) is 18.2 Å². The van der Waals surface area contributed by atoms with Crippen LogP contribution >= 0.6 is 27.5 Å². The number of alkyl halides is 3. The number of hydrogen-bond donors (Lipinski definition) is 1. The molecular weight excluding hydrogens is 430 g/mol. The van der Waals surface area contributed by atoms with Gasteiger partial charge < -0.3 is 10.1 Å². The van der Waals surface area contributed by atoms with Crippen LogP contribution in [0.3, 0.4) is 0 Å². The van der Waals surface area contributed by atoms with Gasteiger partial charge in [0.05, 0.1) is 16.3 Å². The van der Waals surface area contributed by atoms with Gasteiger partial charge in [-0.05, 0) is 37.3 Å². The molecule has 0 aromatic heterocycles. The first-order chi connectivity index (χ1) is 11.6. The lowest BCUT2D eigenvalue weighted by atomic mass is 10.1. The number of ether oxygens (including phenoxy) is 1. The molecular formula is C16H11BrClF4NO2. The fourth-order valence-corrected chi connectivity index (χ4v) is 2.39. The Hall–Kier alpha value is -1.80. The van der Waals surface area contributed by atoms with E-state index in [1.807, 2.05) is 0 Å². The number of benzene rings is 2. The van der Waals surface area contributed by atoms with E-state index in [0.29, 0.717) is 4.47 Å². The number of hydrogen-bond acceptors (Lipinski definition) is 2. The van der Waals surface area contributed by atoms with Crippen LogP contribution in [0.5, 0.6) is 5.75 Å². The van der Waals surface area contributed by atoms with Crippen molar-refractivity contribution >= 4 is 39.1 Å². The zero-order valence-electron chi connectivity index (χ0n) is 12.6. The van der Waals surface area contributed by atoms with Crippen molar-refractivity contribution in [3.8, 4) is 5.75 Å². The van der Waals surface area contributed by atoms with E-state index >= 15 is 0 Å². The lowest BCUT2D eigenvalue weighted by molar-refractivity contribution is -0.189. The molecule has 0 heterocycles. The minimum absolute atomic E-state index is 0.0448. The second kappa shape index (κ2) is 7.61. The summed E-state index contributed by atoms with van der Waals surface area (Å²) >= 11 is 8.93. The summed E-state index contributed by atoms with van der Waals surface area (Å²) in [6.07, 6.45) is -6.74. The van der Waals surface area contributed by atoms with Gasteiger partial charge in [-0.3, -0.25) is 4.79 Å². The molecule has 0 aliphatic carbocycles. The Morgan fingerprint density at radius 1 is 1.28 bits per heavy atom. The van der Waals surface area contributed by atoms with Gasteiger partial charge in [0.25, 0.3) is 5.91 Å². The molecule has 2 rings (SSSR count). The highest BCUT2D eigenvalue weighted by Crippen LogP contribution is 2.31. The van der Waals surface area contributed by atoms with Gasteiger partial charge in [-0.25, -0.2) is 4.39 Å². The molecule has 0 fully saturated rings. The van der Waals surface area contributed by atoms with Crippen molar-refractivity contribution in [2.75, 3.05) is 5.32 Å². The molecule has 3 nitrogen and oxygen atoms in total. The van der Waals surface area contributed by atoms with Gasteiger partial charge >= 0.3 is 6.18 Å². The second-order valence-electron chi connectivity index (χ2n) is 4.99. The van der Waals surface area contributed by atoms with E-state index in [1.165, 1.54) is 30.3 Å². The fraction of sp³-hybridized carbons (Fsp3) is 0.188. The maximum atomic E-state index is 13.8. The molecule has 2 aromatic rings. The molecule has 1 N–H and O–H groups in total. The van der Waals surface area contributed by atoms with Crippen molar-refractivity contribution in [3.05, 3.63) is 57.3 Å². The highest BCUT2D eigenvalue weighted by molar-refractivity contribution is 9.10. The molecule has 0 radical (unpaired) electrons. The summed E-state index contributed by atoms with van der Waals surface area (Å²) in [5, 5.41) is 2.20. The highest BCUT2D eigenvalue weighted by atomic mass is 79.9. The number of amides is 1. The van der Waals surface area contributed by atoms with Crippen LogP contribution in [0.2, 0.25) is 5.02 Å². The van der Waals surface area contributed by atoms with Gasteiger partial charge in [0.15, 0.2) is 6.10 Å². The van der Waals surface area contributed by atoms with Gasteiger partial charge in [-0.15, -0.1) is 0 Å². The Labute approximate surface area is 154 Å². The smallest absolute Gasteiger partial charge is 0.425 e. The highest BCUT2D eigenvalue weighted by Gasteiger charge is 2.38. The standard InChI is InChI=1S/C16H11BrClF4NO2/c1-8(16(20,21)22)25-13-7-9(17)5-6-10(13)15(24)23-14-11(18)3-2-4-12(14)19/h2-8H,1H3,(H,23,24)/t8-/m0/s1. The SMILES string of the molecule is C[C@H](Oc1cc(Br)ccc1C(=O)Nc1c(F)cccc1Cl)C(F)(F)F. The predicted octanol–water partition coefficient (Wildman–Crippen LogP) is 5.82. The first-order valence-corrected chi connectivity index (χ1v) is 8.05. The van der Waals surface area contributed by atoms with Crippen molar-refractivity contribution in [2.24, 2.45) is 0 Å². The van der Waals surface area contributed by atoms with Crippen LogP contribution in [0.1, 0.15) is 17.3 Å². The number of rotatable bonds is 4. The second-order valence-corrected chi connectivity index (χ2v) is 6.32. The minimum atomic E-state index is -4.61. The molecule has 0 bridgehead atoms. The van der Waals surface area contributed by atoms with Gasteiger partial charge in [0.2, 0.25) is 0 Å². The van der Waals surface area contributed by atoms with Gasteiger partial charge in [0.1, 0.15) is 11.6 Å².